The van der Waals surface area contributed by atoms with E-state index in [4.69, 9.17) is 4.98 Å². The summed E-state index contributed by atoms with van der Waals surface area (Å²) in [5, 5.41) is 4.70. The van der Waals surface area contributed by atoms with Gasteiger partial charge < -0.3 is 5.32 Å². The first-order valence-corrected chi connectivity index (χ1v) is 8.47. The summed E-state index contributed by atoms with van der Waals surface area (Å²) in [6, 6.07) is 15.1. The van der Waals surface area contributed by atoms with Gasteiger partial charge in [0.15, 0.2) is 0 Å². The minimum Gasteiger partial charge on any atom is -0.367 e. The molecule has 0 bridgehead atoms. The zero-order valence-corrected chi connectivity index (χ0v) is 13.2. The number of hydrogen-bond donors (Lipinski definition) is 1. The van der Waals surface area contributed by atoms with Gasteiger partial charge in [0.2, 0.25) is 0 Å². The molecule has 23 heavy (non-hydrogen) atoms. The molecule has 0 radical (unpaired) electrons. The number of hydrogen-bond acceptors (Lipinski definition) is 3. The molecule has 3 nitrogen and oxygen atoms in total. The van der Waals surface area contributed by atoms with E-state index >= 15 is 0 Å². The Morgan fingerprint density at radius 1 is 0.870 bits per heavy atom. The van der Waals surface area contributed by atoms with Crippen molar-refractivity contribution in [2.75, 3.05) is 5.32 Å². The number of nitrogens with zero attached hydrogens (tertiary/aromatic N) is 2. The lowest BCUT2D eigenvalue weighted by Gasteiger charge is -2.23. The molecule has 116 valence electrons. The first-order valence-electron chi connectivity index (χ1n) is 8.47. The molecule has 0 saturated heterocycles. The predicted octanol–water partition coefficient (Wildman–Crippen LogP) is 5.04. The van der Waals surface area contributed by atoms with Crippen molar-refractivity contribution >= 4 is 16.7 Å². The van der Waals surface area contributed by atoms with E-state index in [9.17, 15) is 0 Å². The molecule has 2 aromatic heterocycles. The maximum absolute atomic E-state index is 4.89. The zero-order valence-electron chi connectivity index (χ0n) is 13.2. The van der Waals surface area contributed by atoms with E-state index in [1.165, 1.54) is 32.1 Å². The van der Waals surface area contributed by atoms with Crippen molar-refractivity contribution in [3.63, 3.8) is 0 Å². The highest BCUT2D eigenvalue weighted by Crippen LogP contribution is 2.28. The van der Waals surface area contributed by atoms with E-state index in [0.29, 0.717) is 6.04 Å². The van der Waals surface area contributed by atoms with Crippen LogP contribution in [0.4, 0.5) is 5.82 Å². The molecule has 2 heterocycles. The summed E-state index contributed by atoms with van der Waals surface area (Å²) in [4.78, 5) is 9.27. The van der Waals surface area contributed by atoms with Gasteiger partial charge in [0.25, 0.3) is 0 Å². The third-order valence-corrected chi connectivity index (χ3v) is 4.64. The van der Waals surface area contributed by atoms with Gasteiger partial charge in [-0.2, -0.15) is 0 Å². The molecular formula is C20H21N3. The largest absolute Gasteiger partial charge is 0.367 e. The molecule has 1 fully saturated rings. The smallest absolute Gasteiger partial charge is 0.126 e. The second kappa shape index (κ2) is 6.37. The Labute approximate surface area is 136 Å². The van der Waals surface area contributed by atoms with Gasteiger partial charge in [-0.05, 0) is 30.5 Å². The van der Waals surface area contributed by atoms with Gasteiger partial charge in [-0.15, -0.1) is 0 Å². The molecule has 1 aliphatic rings. The van der Waals surface area contributed by atoms with Gasteiger partial charge in [0.1, 0.15) is 5.82 Å². The van der Waals surface area contributed by atoms with Crippen LogP contribution in [0.25, 0.3) is 22.0 Å². The SMILES string of the molecule is c1ccc(-c2cncc3ccc(NC4CCCCC4)nc23)cc1. The van der Waals surface area contributed by atoms with Crippen LogP contribution in [0.1, 0.15) is 32.1 Å². The van der Waals surface area contributed by atoms with E-state index in [0.717, 1.165) is 27.8 Å². The molecule has 0 unspecified atom stereocenters. The lowest BCUT2D eigenvalue weighted by atomic mass is 9.95. The van der Waals surface area contributed by atoms with Crippen LogP contribution in [0.5, 0.6) is 0 Å². The summed E-state index contributed by atoms with van der Waals surface area (Å²) in [7, 11) is 0. The van der Waals surface area contributed by atoms with Crippen molar-refractivity contribution in [3.05, 3.63) is 54.9 Å². The number of benzene rings is 1. The first-order chi connectivity index (χ1) is 11.4. The maximum atomic E-state index is 4.89. The van der Waals surface area contributed by atoms with E-state index in [-0.39, 0.29) is 0 Å². The number of nitrogens with one attached hydrogen (secondary N) is 1. The van der Waals surface area contributed by atoms with Crippen molar-refractivity contribution in [1.29, 1.82) is 0 Å². The Bertz CT molecular complexity index is 792. The van der Waals surface area contributed by atoms with Crippen LogP contribution in [0.2, 0.25) is 0 Å². The molecule has 0 aliphatic heterocycles. The minimum atomic E-state index is 0.565. The van der Waals surface area contributed by atoms with Crippen LogP contribution in [-0.4, -0.2) is 16.0 Å². The molecule has 3 heteroatoms. The summed E-state index contributed by atoms with van der Waals surface area (Å²) in [6.07, 6.45) is 10.3. The topological polar surface area (TPSA) is 37.8 Å². The average molecular weight is 303 g/mol. The van der Waals surface area contributed by atoms with Crippen LogP contribution in [0, 0.1) is 0 Å². The molecule has 3 aromatic rings. The van der Waals surface area contributed by atoms with Crippen LogP contribution in [0.3, 0.4) is 0 Å². The molecule has 0 amide bonds. The fourth-order valence-electron chi connectivity index (χ4n) is 3.41. The average Bonchev–Trinajstić information content (AvgIpc) is 2.63. The van der Waals surface area contributed by atoms with Crippen LogP contribution >= 0.6 is 0 Å². The Hall–Kier alpha value is -2.42. The lowest BCUT2D eigenvalue weighted by Crippen LogP contribution is -2.22. The second-order valence-electron chi connectivity index (χ2n) is 6.30. The molecule has 1 N–H and O–H groups in total. The van der Waals surface area contributed by atoms with Crippen LogP contribution in [0.15, 0.2) is 54.9 Å². The summed E-state index contributed by atoms with van der Waals surface area (Å²) >= 11 is 0. The fraction of sp³-hybridized carbons (Fsp3) is 0.300. The van der Waals surface area contributed by atoms with E-state index in [2.05, 4.69) is 46.7 Å². The quantitative estimate of drug-likeness (QED) is 0.736. The molecule has 0 spiro atoms. The minimum absolute atomic E-state index is 0.565. The van der Waals surface area contributed by atoms with Gasteiger partial charge in [-0.1, -0.05) is 49.6 Å². The zero-order chi connectivity index (χ0) is 15.5. The van der Waals surface area contributed by atoms with Gasteiger partial charge in [-0.3, -0.25) is 4.98 Å². The van der Waals surface area contributed by atoms with Crippen LogP contribution in [-0.2, 0) is 0 Å². The summed E-state index contributed by atoms with van der Waals surface area (Å²) in [5.74, 6) is 0.979. The molecule has 1 saturated carbocycles. The number of fused-ring (bicyclic) bond motifs is 1. The Balaban J connectivity index is 1.72. The highest BCUT2D eigenvalue weighted by molar-refractivity contribution is 5.93. The second-order valence-corrected chi connectivity index (χ2v) is 6.30. The Morgan fingerprint density at radius 2 is 1.70 bits per heavy atom. The van der Waals surface area contributed by atoms with E-state index < -0.39 is 0 Å². The standard InChI is InChI=1S/C20H21N3/c1-3-7-15(8-4-1)18-14-21-13-16-11-12-19(23-20(16)18)22-17-9-5-2-6-10-17/h1,3-4,7-8,11-14,17H,2,5-6,9-10H2,(H,22,23). The van der Waals surface area contributed by atoms with E-state index in [1.54, 1.807) is 0 Å². The van der Waals surface area contributed by atoms with Gasteiger partial charge in [0, 0.05) is 29.4 Å². The monoisotopic (exact) mass is 303 g/mol. The summed E-state index contributed by atoms with van der Waals surface area (Å²) < 4.78 is 0. The van der Waals surface area contributed by atoms with Crippen molar-refractivity contribution in [2.24, 2.45) is 0 Å². The van der Waals surface area contributed by atoms with Gasteiger partial charge in [-0.25, -0.2) is 4.98 Å². The normalized spacial score (nSPS) is 15.7. The Morgan fingerprint density at radius 3 is 2.52 bits per heavy atom. The maximum Gasteiger partial charge on any atom is 0.126 e. The number of pyridine rings is 2. The predicted molar refractivity (Wildman–Crippen MR) is 95.5 cm³/mol. The van der Waals surface area contributed by atoms with E-state index in [1.807, 2.05) is 18.5 Å². The fourth-order valence-corrected chi connectivity index (χ4v) is 3.41. The highest BCUT2D eigenvalue weighted by Gasteiger charge is 2.14. The number of anilines is 1. The van der Waals surface area contributed by atoms with Gasteiger partial charge >= 0.3 is 0 Å². The molecule has 1 aromatic carbocycles. The Kier molecular flexibility index (Phi) is 3.93. The third-order valence-electron chi connectivity index (χ3n) is 4.64. The van der Waals surface area contributed by atoms with Crippen molar-refractivity contribution in [1.82, 2.24) is 9.97 Å². The molecule has 1 aliphatic carbocycles. The number of rotatable bonds is 3. The van der Waals surface area contributed by atoms with Gasteiger partial charge in [0.05, 0.1) is 5.52 Å². The first kappa shape index (κ1) is 14.2. The number of aromatic nitrogens is 2. The lowest BCUT2D eigenvalue weighted by molar-refractivity contribution is 0.462. The summed E-state index contributed by atoms with van der Waals surface area (Å²) in [6.45, 7) is 0. The molecule has 4 rings (SSSR count). The molecule has 0 atom stereocenters. The highest BCUT2D eigenvalue weighted by atomic mass is 15.0. The molecular weight excluding hydrogens is 282 g/mol. The van der Waals surface area contributed by atoms with Crippen molar-refractivity contribution in [3.8, 4) is 11.1 Å². The van der Waals surface area contributed by atoms with Crippen molar-refractivity contribution < 1.29 is 0 Å². The summed E-state index contributed by atoms with van der Waals surface area (Å²) in [5.41, 5.74) is 3.27. The third kappa shape index (κ3) is 3.04. The van der Waals surface area contributed by atoms with Crippen LogP contribution < -0.4 is 5.32 Å². The van der Waals surface area contributed by atoms with Crippen molar-refractivity contribution in [2.45, 2.75) is 38.1 Å².